The lowest BCUT2D eigenvalue weighted by Gasteiger charge is -2.15. The van der Waals surface area contributed by atoms with E-state index >= 15 is 0 Å². The van der Waals surface area contributed by atoms with Crippen molar-refractivity contribution in [2.75, 3.05) is 7.11 Å². The minimum Gasteiger partial charge on any atom is -0.496 e. The van der Waals surface area contributed by atoms with E-state index in [0.29, 0.717) is 5.75 Å². The van der Waals surface area contributed by atoms with Crippen molar-refractivity contribution < 1.29 is 9.84 Å². The summed E-state index contributed by atoms with van der Waals surface area (Å²) in [5.41, 5.74) is 3.07. The Balaban J connectivity index is 2.05. The highest BCUT2D eigenvalue weighted by molar-refractivity contribution is 5.74. The van der Waals surface area contributed by atoms with E-state index in [9.17, 15) is 5.11 Å². The predicted molar refractivity (Wildman–Crippen MR) is 76.6 cm³/mol. The maximum atomic E-state index is 10.5. The van der Waals surface area contributed by atoms with Crippen LogP contribution in [0.4, 0.5) is 0 Å². The van der Waals surface area contributed by atoms with Gasteiger partial charge < -0.3 is 9.84 Å². The maximum Gasteiger partial charge on any atom is 0.125 e. The van der Waals surface area contributed by atoms with E-state index in [0.717, 1.165) is 22.2 Å². The molecule has 0 amide bonds. The van der Waals surface area contributed by atoms with Crippen LogP contribution < -0.4 is 4.74 Å². The van der Waals surface area contributed by atoms with E-state index in [1.165, 1.54) is 0 Å². The first-order valence-corrected chi connectivity index (χ1v) is 6.31. The Labute approximate surface area is 116 Å². The van der Waals surface area contributed by atoms with Gasteiger partial charge in [-0.2, -0.15) is 0 Å². The molecule has 4 heteroatoms. The third kappa shape index (κ3) is 2.21. The number of methoxy groups -OCH3 is 1. The molecule has 0 bridgehead atoms. The monoisotopic (exact) mass is 266 g/mol. The summed E-state index contributed by atoms with van der Waals surface area (Å²) in [6.45, 7) is 0. The van der Waals surface area contributed by atoms with Crippen molar-refractivity contribution in [2.45, 2.75) is 6.10 Å². The summed E-state index contributed by atoms with van der Waals surface area (Å²) in [7, 11) is 1.59. The summed E-state index contributed by atoms with van der Waals surface area (Å²) in [6.07, 6.45) is 2.54. The number of aromatic nitrogens is 2. The molecule has 1 N–H and O–H groups in total. The van der Waals surface area contributed by atoms with Gasteiger partial charge in [-0.3, -0.25) is 9.97 Å². The fourth-order valence-electron chi connectivity index (χ4n) is 2.22. The zero-order valence-electron chi connectivity index (χ0n) is 11.0. The zero-order valence-corrected chi connectivity index (χ0v) is 11.0. The van der Waals surface area contributed by atoms with Gasteiger partial charge in [-0.05, 0) is 23.8 Å². The van der Waals surface area contributed by atoms with Crippen molar-refractivity contribution >= 4 is 11.0 Å². The number of benzene rings is 2. The van der Waals surface area contributed by atoms with Gasteiger partial charge in [0.15, 0.2) is 0 Å². The van der Waals surface area contributed by atoms with Crippen LogP contribution in [0.2, 0.25) is 0 Å². The second-order valence-electron chi connectivity index (χ2n) is 4.45. The lowest BCUT2D eigenvalue weighted by Crippen LogP contribution is -2.02. The fraction of sp³-hybridized carbons (Fsp3) is 0.125. The summed E-state index contributed by atoms with van der Waals surface area (Å²) in [6, 6.07) is 13.0. The first-order chi connectivity index (χ1) is 9.79. The summed E-state index contributed by atoms with van der Waals surface area (Å²) >= 11 is 0. The van der Waals surface area contributed by atoms with Gasteiger partial charge in [-0.25, -0.2) is 0 Å². The Kier molecular flexibility index (Phi) is 3.31. The summed E-state index contributed by atoms with van der Waals surface area (Å²) in [4.78, 5) is 8.47. The molecule has 0 radical (unpaired) electrons. The molecule has 3 aromatic rings. The van der Waals surface area contributed by atoms with Gasteiger partial charge in [-0.15, -0.1) is 0 Å². The first-order valence-electron chi connectivity index (χ1n) is 6.31. The Morgan fingerprint density at radius 2 is 1.75 bits per heavy atom. The molecule has 0 aliphatic heterocycles. The largest absolute Gasteiger partial charge is 0.496 e. The highest BCUT2D eigenvalue weighted by Crippen LogP contribution is 2.30. The zero-order chi connectivity index (χ0) is 13.9. The van der Waals surface area contributed by atoms with Crippen molar-refractivity contribution in [2.24, 2.45) is 0 Å². The second kappa shape index (κ2) is 5.27. The van der Waals surface area contributed by atoms with Gasteiger partial charge in [0.25, 0.3) is 0 Å². The van der Waals surface area contributed by atoms with Crippen LogP contribution in [-0.4, -0.2) is 22.2 Å². The molecule has 1 atom stereocenters. The van der Waals surface area contributed by atoms with E-state index in [1.807, 2.05) is 42.5 Å². The normalized spacial score (nSPS) is 12.3. The molecular formula is C16H14N2O2. The molecule has 3 rings (SSSR count). The number of fused-ring (bicyclic) bond motifs is 1. The average Bonchev–Trinajstić information content (AvgIpc) is 2.53. The highest BCUT2D eigenvalue weighted by atomic mass is 16.5. The number of hydrogen-bond donors (Lipinski definition) is 1. The highest BCUT2D eigenvalue weighted by Gasteiger charge is 2.15. The van der Waals surface area contributed by atoms with Gasteiger partial charge in [0.1, 0.15) is 11.9 Å². The third-order valence-corrected chi connectivity index (χ3v) is 3.24. The van der Waals surface area contributed by atoms with Crippen molar-refractivity contribution in [3.63, 3.8) is 0 Å². The Morgan fingerprint density at radius 3 is 2.55 bits per heavy atom. The molecule has 0 aliphatic carbocycles. The first kappa shape index (κ1) is 12.6. The molecule has 0 fully saturated rings. The third-order valence-electron chi connectivity index (χ3n) is 3.24. The van der Waals surface area contributed by atoms with Crippen LogP contribution in [0, 0.1) is 0 Å². The number of aliphatic hydroxyl groups excluding tert-OH is 1. The van der Waals surface area contributed by atoms with Crippen molar-refractivity contribution in [1.29, 1.82) is 0 Å². The summed E-state index contributed by atoms with van der Waals surface area (Å²) < 4.78 is 5.29. The van der Waals surface area contributed by atoms with Crippen LogP contribution in [0.25, 0.3) is 11.0 Å². The standard InChI is InChI=1S/C16H14N2O2/c1-20-15-5-3-2-4-12(15)16(19)11-6-7-13-14(10-11)18-9-8-17-13/h2-10,16,19H,1H3. The molecule has 20 heavy (non-hydrogen) atoms. The topological polar surface area (TPSA) is 55.2 Å². The fourth-order valence-corrected chi connectivity index (χ4v) is 2.22. The van der Waals surface area contributed by atoms with Gasteiger partial charge in [0.05, 0.1) is 18.1 Å². The Bertz CT molecular complexity index is 743. The quantitative estimate of drug-likeness (QED) is 0.792. The molecule has 4 nitrogen and oxygen atoms in total. The van der Waals surface area contributed by atoms with Crippen molar-refractivity contribution in [3.8, 4) is 5.75 Å². The van der Waals surface area contributed by atoms with Crippen LogP contribution in [0.1, 0.15) is 17.2 Å². The lowest BCUT2D eigenvalue weighted by atomic mass is 10.00. The van der Waals surface area contributed by atoms with Gasteiger partial charge >= 0.3 is 0 Å². The minimum absolute atomic E-state index is 0.666. The van der Waals surface area contributed by atoms with Gasteiger partial charge in [-0.1, -0.05) is 24.3 Å². The molecule has 1 unspecified atom stereocenters. The number of para-hydroxylation sites is 1. The van der Waals surface area contributed by atoms with Gasteiger partial charge in [0.2, 0.25) is 0 Å². The molecule has 0 saturated heterocycles. The SMILES string of the molecule is COc1ccccc1C(O)c1ccc2nccnc2c1. The summed E-state index contributed by atoms with van der Waals surface area (Å²) in [5.74, 6) is 0.666. The van der Waals surface area contributed by atoms with E-state index in [4.69, 9.17) is 4.74 Å². The molecule has 100 valence electrons. The van der Waals surface area contributed by atoms with E-state index in [-0.39, 0.29) is 0 Å². The molecule has 0 saturated carbocycles. The minimum atomic E-state index is -0.752. The average molecular weight is 266 g/mol. The Morgan fingerprint density at radius 1 is 1.00 bits per heavy atom. The number of rotatable bonds is 3. The van der Waals surface area contributed by atoms with Crippen LogP contribution in [0.15, 0.2) is 54.9 Å². The van der Waals surface area contributed by atoms with Crippen LogP contribution in [0.5, 0.6) is 5.75 Å². The Hall–Kier alpha value is -2.46. The summed E-state index contributed by atoms with van der Waals surface area (Å²) in [5, 5.41) is 10.5. The number of nitrogens with zero attached hydrogens (tertiary/aromatic N) is 2. The smallest absolute Gasteiger partial charge is 0.125 e. The molecule has 1 heterocycles. The van der Waals surface area contributed by atoms with Crippen LogP contribution >= 0.6 is 0 Å². The molecule has 0 aliphatic rings. The van der Waals surface area contributed by atoms with E-state index in [2.05, 4.69) is 9.97 Å². The van der Waals surface area contributed by atoms with Gasteiger partial charge in [0, 0.05) is 18.0 Å². The van der Waals surface area contributed by atoms with E-state index in [1.54, 1.807) is 19.5 Å². The lowest BCUT2D eigenvalue weighted by molar-refractivity contribution is 0.215. The second-order valence-corrected chi connectivity index (χ2v) is 4.45. The molecule has 0 spiro atoms. The van der Waals surface area contributed by atoms with Crippen molar-refractivity contribution in [3.05, 3.63) is 66.0 Å². The molecular weight excluding hydrogens is 252 g/mol. The molecule has 2 aromatic carbocycles. The van der Waals surface area contributed by atoms with E-state index < -0.39 is 6.10 Å². The van der Waals surface area contributed by atoms with Crippen molar-refractivity contribution in [1.82, 2.24) is 9.97 Å². The number of hydrogen-bond acceptors (Lipinski definition) is 4. The number of aliphatic hydroxyl groups is 1. The van der Waals surface area contributed by atoms with Crippen LogP contribution in [0.3, 0.4) is 0 Å². The predicted octanol–water partition coefficient (Wildman–Crippen LogP) is 2.72. The maximum absolute atomic E-state index is 10.5. The number of ether oxygens (including phenoxy) is 1. The molecule has 1 aromatic heterocycles. The van der Waals surface area contributed by atoms with Crippen LogP contribution in [-0.2, 0) is 0 Å².